The van der Waals surface area contributed by atoms with Gasteiger partial charge in [0.05, 0.1) is 7.11 Å². The van der Waals surface area contributed by atoms with Gasteiger partial charge in [-0.05, 0) is 38.8 Å². The second-order valence-electron chi connectivity index (χ2n) is 5.35. The molecule has 0 fully saturated rings. The number of hydrogen-bond acceptors (Lipinski definition) is 5. The summed E-state index contributed by atoms with van der Waals surface area (Å²) in [5, 5.41) is 3.32. The minimum atomic E-state index is 0.682. The van der Waals surface area contributed by atoms with E-state index in [0.29, 0.717) is 5.95 Å². The monoisotopic (exact) mass is 314 g/mol. The molecular weight excluding hydrogens is 288 g/mol. The van der Waals surface area contributed by atoms with Crippen molar-refractivity contribution in [1.29, 1.82) is 0 Å². The number of para-hydroxylation sites is 1. The molecule has 5 nitrogen and oxygen atoms in total. The van der Waals surface area contributed by atoms with Gasteiger partial charge >= 0.3 is 0 Å². The molecule has 1 N–H and O–H groups in total. The second-order valence-corrected chi connectivity index (χ2v) is 5.35. The largest absolute Gasteiger partial charge is 0.496 e. The fourth-order valence-corrected chi connectivity index (χ4v) is 2.56. The van der Waals surface area contributed by atoms with Crippen LogP contribution >= 0.6 is 0 Å². The van der Waals surface area contributed by atoms with Gasteiger partial charge in [-0.3, -0.25) is 0 Å². The number of rotatable bonds is 8. The standard InChI is InChI=1S/C18H26N4O/c1-5-22(6-2)17-13-14(3)20-18(21-17)19-12-11-15-9-7-8-10-16(15)23-4/h7-10,13H,5-6,11-12H2,1-4H3,(H,19,20,21). The van der Waals surface area contributed by atoms with Gasteiger partial charge in [0, 0.05) is 31.4 Å². The van der Waals surface area contributed by atoms with E-state index in [1.165, 1.54) is 5.56 Å². The van der Waals surface area contributed by atoms with Crippen LogP contribution in [0.15, 0.2) is 30.3 Å². The van der Waals surface area contributed by atoms with Gasteiger partial charge in [0.25, 0.3) is 0 Å². The van der Waals surface area contributed by atoms with Gasteiger partial charge < -0.3 is 15.0 Å². The number of aryl methyl sites for hydroxylation is 1. The fraction of sp³-hybridized carbons (Fsp3) is 0.444. The van der Waals surface area contributed by atoms with Crippen LogP contribution < -0.4 is 15.0 Å². The molecule has 0 unspecified atom stereocenters. The van der Waals surface area contributed by atoms with Gasteiger partial charge in [-0.15, -0.1) is 0 Å². The van der Waals surface area contributed by atoms with Crippen LogP contribution in [0.4, 0.5) is 11.8 Å². The fourth-order valence-electron chi connectivity index (χ4n) is 2.56. The SMILES string of the molecule is CCN(CC)c1cc(C)nc(NCCc2ccccc2OC)n1. The molecule has 1 aromatic carbocycles. The average Bonchev–Trinajstić information content (AvgIpc) is 2.56. The zero-order valence-electron chi connectivity index (χ0n) is 14.5. The first kappa shape index (κ1) is 17.1. The Bertz CT molecular complexity index is 626. The molecule has 124 valence electrons. The Kier molecular flexibility index (Phi) is 6.20. The van der Waals surface area contributed by atoms with Gasteiger partial charge in [0.15, 0.2) is 0 Å². The molecule has 0 atom stereocenters. The quantitative estimate of drug-likeness (QED) is 0.810. The summed E-state index contributed by atoms with van der Waals surface area (Å²) in [4.78, 5) is 11.3. The van der Waals surface area contributed by atoms with Crippen LogP contribution in [0, 0.1) is 6.92 Å². The summed E-state index contributed by atoms with van der Waals surface area (Å²) in [6.07, 6.45) is 0.863. The number of methoxy groups -OCH3 is 1. The van der Waals surface area contributed by atoms with Crippen LogP contribution in [0.2, 0.25) is 0 Å². The van der Waals surface area contributed by atoms with Crippen molar-refractivity contribution in [2.45, 2.75) is 27.2 Å². The summed E-state index contributed by atoms with van der Waals surface area (Å²) < 4.78 is 5.38. The van der Waals surface area contributed by atoms with Crippen molar-refractivity contribution >= 4 is 11.8 Å². The van der Waals surface area contributed by atoms with Crippen LogP contribution in [0.1, 0.15) is 25.1 Å². The van der Waals surface area contributed by atoms with Crippen LogP contribution in [0.5, 0.6) is 5.75 Å². The van der Waals surface area contributed by atoms with Crippen molar-refractivity contribution in [3.8, 4) is 5.75 Å². The Morgan fingerprint density at radius 2 is 1.87 bits per heavy atom. The molecule has 2 aromatic rings. The summed E-state index contributed by atoms with van der Waals surface area (Å²) in [5.74, 6) is 2.58. The minimum absolute atomic E-state index is 0.682. The molecular formula is C18H26N4O. The van der Waals surface area contributed by atoms with Gasteiger partial charge in [-0.25, -0.2) is 4.98 Å². The normalized spacial score (nSPS) is 10.4. The number of ether oxygens (including phenoxy) is 1. The molecule has 0 aliphatic rings. The van der Waals surface area contributed by atoms with Crippen molar-refractivity contribution in [1.82, 2.24) is 9.97 Å². The Morgan fingerprint density at radius 1 is 1.13 bits per heavy atom. The molecule has 0 saturated heterocycles. The molecule has 0 radical (unpaired) electrons. The number of nitrogens with one attached hydrogen (secondary N) is 1. The third kappa shape index (κ3) is 4.58. The molecule has 0 saturated carbocycles. The predicted molar refractivity (Wildman–Crippen MR) is 95.5 cm³/mol. The molecule has 2 rings (SSSR count). The number of hydrogen-bond donors (Lipinski definition) is 1. The van der Waals surface area contributed by atoms with E-state index in [-0.39, 0.29) is 0 Å². The maximum atomic E-state index is 5.38. The van der Waals surface area contributed by atoms with Crippen molar-refractivity contribution in [3.63, 3.8) is 0 Å². The highest BCUT2D eigenvalue weighted by Crippen LogP contribution is 2.18. The second kappa shape index (κ2) is 8.36. The zero-order valence-corrected chi connectivity index (χ0v) is 14.5. The third-order valence-corrected chi connectivity index (χ3v) is 3.80. The summed E-state index contributed by atoms with van der Waals surface area (Å²) in [7, 11) is 1.70. The van der Waals surface area contributed by atoms with Gasteiger partial charge in [-0.1, -0.05) is 18.2 Å². The molecule has 0 aliphatic heterocycles. The lowest BCUT2D eigenvalue weighted by Gasteiger charge is -2.20. The van der Waals surface area contributed by atoms with E-state index in [2.05, 4.69) is 40.1 Å². The van der Waals surface area contributed by atoms with Crippen LogP contribution in [0.25, 0.3) is 0 Å². The maximum absolute atomic E-state index is 5.38. The van der Waals surface area contributed by atoms with E-state index in [0.717, 1.165) is 43.3 Å². The highest BCUT2D eigenvalue weighted by Gasteiger charge is 2.08. The number of aromatic nitrogens is 2. The summed E-state index contributed by atoms with van der Waals surface area (Å²) in [5.41, 5.74) is 2.15. The molecule has 1 aromatic heterocycles. The number of benzene rings is 1. The average molecular weight is 314 g/mol. The first-order chi connectivity index (χ1) is 11.2. The van der Waals surface area contributed by atoms with Crippen molar-refractivity contribution in [2.24, 2.45) is 0 Å². The first-order valence-electron chi connectivity index (χ1n) is 8.14. The Hall–Kier alpha value is -2.30. The lowest BCUT2D eigenvalue weighted by molar-refractivity contribution is 0.410. The molecule has 0 spiro atoms. The van der Waals surface area contributed by atoms with Crippen LogP contribution in [-0.2, 0) is 6.42 Å². The molecule has 5 heteroatoms. The molecule has 23 heavy (non-hydrogen) atoms. The van der Waals surface area contributed by atoms with E-state index < -0.39 is 0 Å². The molecule has 1 heterocycles. The number of nitrogens with zero attached hydrogens (tertiary/aromatic N) is 3. The summed E-state index contributed by atoms with van der Waals surface area (Å²) >= 11 is 0. The highest BCUT2D eigenvalue weighted by atomic mass is 16.5. The predicted octanol–water partition coefficient (Wildman–Crippen LogP) is 3.29. The van der Waals surface area contributed by atoms with E-state index in [1.54, 1.807) is 7.11 Å². The zero-order chi connectivity index (χ0) is 16.7. The van der Waals surface area contributed by atoms with E-state index in [9.17, 15) is 0 Å². The third-order valence-electron chi connectivity index (χ3n) is 3.80. The van der Waals surface area contributed by atoms with Crippen molar-refractivity contribution < 1.29 is 4.74 Å². The van der Waals surface area contributed by atoms with Gasteiger partial charge in [0.1, 0.15) is 11.6 Å². The van der Waals surface area contributed by atoms with Gasteiger partial charge in [-0.2, -0.15) is 4.98 Å². The Labute approximate surface area is 138 Å². The van der Waals surface area contributed by atoms with Crippen molar-refractivity contribution in [2.75, 3.05) is 37.0 Å². The molecule has 0 bridgehead atoms. The summed E-state index contributed by atoms with van der Waals surface area (Å²) in [6.45, 7) is 8.91. The van der Waals surface area contributed by atoms with Crippen LogP contribution in [-0.4, -0.2) is 36.7 Å². The van der Waals surface area contributed by atoms with E-state index >= 15 is 0 Å². The number of anilines is 2. The lowest BCUT2D eigenvalue weighted by atomic mass is 10.1. The van der Waals surface area contributed by atoms with Crippen LogP contribution in [0.3, 0.4) is 0 Å². The van der Waals surface area contributed by atoms with Crippen molar-refractivity contribution in [3.05, 3.63) is 41.6 Å². The van der Waals surface area contributed by atoms with E-state index in [1.807, 2.05) is 31.2 Å². The highest BCUT2D eigenvalue weighted by molar-refractivity contribution is 5.44. The Morgan fingerprint density at radius 3 is 2.57 bits per heavy atom. The minimum Gasteiger partial charge on any atom is -0.496 e. The lowest BCUT2D eigenvalue weighted by Crippen LogP contribution is -2.24. The van der Waals surface area contributed by atoms with E-state index in [4.69, 9.17) is 4.74 Å². The topological polar surface area (TPSA) is 50.3 Å². The smallest absolute Gasteiger partial charge is 0.224 e. The van der Waals surface area contributed by atoms with Gasteiger partial charge in [0.2, 0.25) is 5.95 Å². The molecule has 0 aliphatic carbocycles. The first-order valence-corrected chi connectivity index (χ1v) is 8.14. The molecule has 0 amide bonds. The maximum Gasteiger partial charge on any atom is 0.224 e. The summed E-state index contributed by atoms with van der Waals surface area (Å²) in [6, 6.07) is 10.1. The Balaban J connectivity index is 2.03.